The van der Waals surface area contributed by atoms with E-state index in [0.29, 0.717) is 5.70 Å². The van der Waals surface area contributed by atoms with E-state index >= 15 is 0 Å². The summed E-state index contributed by atoms with van der Waals surface area (Å²) in [5.74, 6) is 0. The molecule has 0 aliphatic carbocycles. The summed E-state index contributed by atoms with van der Waals surface area (Å²) in [5, 5.41) is 6.58. The van der Waals surface area contributed by atoms with Crippen molar-refractivity contribution in [3.8, 4) is 0 Å². The molecule has 0 heterocycles. The average molecular weight is 110 g/mol. The van der Waals surface area contributed by atoms with Crippen LogP contribution in [0.25, 0.3) is 0 Å². The zero-order valence-electron chi connectivity index (χ0n) is 4.89. The Morgan fingerprint density at radius 1 is 1.62 bits per heavy atom. The van der Waals surface area contributed by atoms with Crippen molar-refractivity contribution in [1.82, 2.24) is 0 Å². The number of hydrogen-bond donors (Lipinski definition) is 2. The molecule has 3 N–H and O–H groups in total. The standard InChI is InChI=1S/C6H10N2/c1-2-6(8)4-3-5-7/h2-5,7H,8H2,1H3/b4-3-,6-2+,7-5?. The molecular weight excluding hydrogens is 100 g/mol. The van der Waals surface area contributed by atoms with E-state index in [9.17, 15) is 0 Å². The largest absolute Gasteiger partial charge is 0.399 e. The van der Waals surface area contributed by atoms with Gasteiger partial charge in [-0.1, -0.05) is 6.08 Å². The summed E-state index contributed by atoms with van der Waals surface area (Å²) in [6.45, 7) is 1.85. The van der Waals surface area contributed by atoms with Gasteiger partial charge in [0.1, 0.15) is 0 Å². The van der Waals surface area contributed by atoms with Crippen molar-refractivity contribution in [2.24, 2.45) is 5.73 Å². The molecule has 2 nitrogen and oxygen atoms in total. The molecule has 0 atom stereocenters. The minimum absolute atomic E-state index is 0.688. The highest BCUT2D eigenvalue weighted by atomic mass is 14.5. The van der Waals surface area contributed by atoms with Gasteiger partial charge in [-0.05, 0) is 19.1 Å². The highest BCUT2D eigenvalue weighted by Gasteiger charge is 1.71. The van der Waals surface area contributed by atoms with Crippen molar-refractivity contribution < 1.29 is 0 Å². The predicted molar refractivity (Wildman–Crippen MR) is 35.9 cm³/mol. The Bertz CT molecular complexity index is 122. The molecule has 0 bridgehead atoms. The van der Waals surface area contributed by atoms with Crippen LogP contribution < -0.4 is 5.73 Å². The van der Waals surface area contributed by atoms with Crippen LogP contribution in [0, 0.1) is 5.41 Å². The zero-order chi connectivity index (χ0) is 6.41. The maximum absolute atomic E-state index is 6.58. The molecule has 2 heteroatoms. The molecule has 0 unspecified atom stereocenters. The normalized spacial score (nSPS) is 12.4. The Balaban J connectivity index is 3.69. The maximum atomic E-state index is 6.58. The zero-order valence-corrected chi connectivity index (χ0v) is 4.89. The van der Waals surface area contributed by atoms with Crippen LogP contribution in [0.4, 0.5) is 0 Å². The Morgan fingerprint density at radius 2 is 2.25 bits per heavy atom. The summed E-state index contributed by atoms with van der Waals surface area (Å²) in [6.07, 6.45) is 6.22. The fourth-order valence-corrected chi connectivity index (χ4v) is 0.255. The van der Waals surface area contributed by atoms with Gasteiger partial charge in [0.25, 0.3) is 0 Å². The summed E-state index contributed by atoms with van der Waals surface area (Å²) in [7, 11) is 0. The molecule has 8 heavy (non-hydrogen) atoms. The molecular formula is C6H10N2. The molecule has 0 rings (SSSR count). The molecule has 0 spiro atoms. The fraction of sp³-hybridized carbons (Fsp3) is 0.167. The van der Waals surface area contributed by atoms with Gasteiger partial charge in [0.2, 0.25) is 0 Å². The van der Waals surface area contributed by atoms with Gasteiger partial charge in [-0.15, -0.1) is 0 Å². The highest BCUT2D eigenvalue weighted by molar-refractivity contribution is 5.68. The quantitative estimate of drug-likeness (QED) is 0.405. The van der Waals surface area contributed by atoms with Gasteiger partial charge in [0, 0.05) is 11.9 Å². The first-order valence-electron chi connectivity index (χ1n) is 2.40. The lowest BCUT2D eigenvalue weighted by atomic mass is 10.4. The van der Waals surface area contributed by atoms with E-state index in [0.717, 1.165) is 0 Å². The van der Waals surface area contributed by atoms with E-state index in [4.69, 9.17) is 11.1 Å². The third-order valence-corrected chi connectivity index (χ3v) is 0.718. The first-order chi connectivity index (χ1) is 3.81. The molecule has 0 radical (unpaired) electrons. The minimum Gasteiger partial charge on any atom is -0.399 e. The van der Waals surface area contributed by atoms with Crippen LogP contribution in [0.15, 0.2) is 23.9 Å². The summed E-state index contributed by atoms with van der Waals surface area (Å²) in [4.78, 5) is 0. The van der Waals surface area contributed by atoms with Crippen LogP contribution in [0.1, 0.15) is 6.92 Å². The van der Waals surface area contributed by atoms with Gasteiger partial charge in [-0.3, -0.25) is 0 Å². The smallest absolute Gasteiger partial charge is 0.0271 e. The molecule has 0 aliphatic heterocycles. The number of nitrogens with two attached hydrogens (primary N) is 1. The molecule has 0 amide bonds. The summed E-state index contributed by atoms with van der Waals surface area (Å²) in [6, 6.07) is 0. The highest BCUT2D eigenvalue weighted by Crippen LogP contribution is 1.82. The number of allylic oxidation sites excluding steroid dienone is 3. The van der Waals surface area contributed by atoms with E-state index in [2.05, 4.69) is 0 Å². The molecule has 0 aromatic heterocycles. The van der Waals surface area contributed by atoms with E-state index in [1.54, 1.807) is 18.2 Å². The first-order valence-corrected chi connectivity index (χ1v) is 2.40. The van der Waals surface area contributed by atoms with Gasteiger partial charge < -0.3 is 11.1 Å². The molecule has 0 fully saturated rings. The van der Waals surface area contributed by atoms with Gasteiger partial charge in [-0.2, -0.15) is 0 Å². The van der Waals surface area contributed by atoms with Crippen LogP contribution in [-0.2, 0) is 0 Å². The van der Waals surface area contributed by atoms with E-state index < -0.39 is 0 Å². The molecule has 0 aliphatic rings. The summed E-state index contributed by atoms with van der Waals surface area (Å²) in [5.41, 5.74) is 6.02. The maximum Gasteiger partial charge on any atom is 0.0271 e. The van der Waals surface area contributed by atoms with Crippen LogP contribution in [0.3, 0.4) is 0 Å². The number of nitrogens with one attached hydrogen (secondary N) is 1. The van der Waals surface area contributed by atoms with Gasteiger partial charge in [-0.25, -0.2) is 0 Å². The van der Waals surface area contributed by atoms with Crippen molar-refractivity contribution in [2.45, 2.75) is 6.92 Å². The predicted octanol–water partition coefficient (Wildman–Crippen LogP) is 1.05. The monoisotopic (exact) mass is 110 g/mol. The van der Waals surface area contributed by atoms with Crippen molar-refractivity contribution in [3.05, 3.63) is 23.9 Å². The SMILES string of the molecule is C/C=C(N)\C=C/C=N. The third-order valence-electron chi connectivity index (χ3n) is 0.718. The lowest BCUT2D eigenvalue weighted by Crippen LogP contribution is -1.90. The molecule has 44 valence electrons. The van der Waals surface area contributed by atoms with Crippen LogP contribution in [-0.4, -0.2) is 6.21 Å². The third kappa shape index (κ3) is 3.15. The van der Waals surface area contributed by atoms with Gasteiger partial charge >= 0.3 is 0 Å². The topological polar surface area (TPSA) is 49.9 Å². The lowest BCUT2D eigenvalue weighted by molar-refractivity contribution is 1.40. The summed E-state index contributed by atoms with van der Waals surface area (Å²) < 4.78 is 0. The van der Waals surface area contributed by atoms with Gasteiger partial charge in [0.05, 0.1) is 0 Å². The Morgan fingerprint density at radius 3 is 2.62 bits per heavy atom. The second-order valence-corrected chi connectivity index (χ2v) is 1.31. The Labute approximate surface area is 49.2 Å². The first kappa shape index (κ1) is 6.95. The Kier molecular flexibility index (Phi) is 3.58. The average Bonchev–Trinajstić information content (AvgIpc) is 1.83. The minimum atomic E-state index is 0.688. The van der Waals surface area contributed by atoms with Crippen molar-refractivity contribution >= 4 is 6.21 Å². The fourth-order valence-electron chi connectivity index (χ4n) is 0.255. The molecule has 0 saturated heterocycles. The molecule has 0 aromatic rings. The van der Waals surface area contributed by atoms with Crippen LogP contribution in [0.5, 0.6) is 0 Å². The van der Waals surface area contributed by atoms with E-state index in [1.165, 1.54) is 6.21 Å². The number of hydrogen-bond acceptors (Lipinski definition) is 2. The van der Waals surface area contributed by atoms with E-state index in [-0.39, 0.29) is 0 Å². The summed E-state index contributed by atoms with van der Waals surface area (Å²) >= 11 is 0. The van der Waals surface area contributed by atoms with Crippen molar-refractivity contribution in [3.63, 3.8) is 0 Å². The lowest BCUT2D eigenvalue weighted by Gasteiger charge is -1.83. The van der Waals surface area contributed by atoms with Crippen LogP contribution in [0.2, 0.25) is 0 Å². The number of rotatable bonds is 2. The Hall–Kier alpha value is -1.05. The van der Waals surface area contributed by atoms with Gasteiger partial charge in [0.15, 0.2) is 0 Å². The van der Waals surface area contributed by atoms with Crippen LogP contribution >= 0.6 is 0 Å². The second kappa shape index (κ2) is 4.12. The van der Waals surface area contributed by atoms with Crippen molar-refractivity contribution in [1.29, 1.82) is 5.41 Å². The van der Waals surface area contributed by atoms with Crippen molar-refractivity contribution in [2.75, 3.05) is 0 Å². The molecule has 0 saturated carbocycles. The second-order valence-electron chi connectivity index (χ2n) is 1.31. The molecule has 0 aromatic carbocycles. The van der Waals surface area contributed by atoms with E-state index in [1.807, 2.05) is 6.92 Å².